The van der Waals surface area contributed by atoms with E-state index in [1.165, 1.54) is 28.8 Å². The van der Waals surface area contributed by atoms with Gasteiger partial charge in [0.1, 0.15) is 5.82 Å². The van der Waals surface area contributed by atoms with Crippen LogP contribution in [0.5, 0.6) is 0 Å². The summed E-state index contributed by atoms with van der Waals surface area (Å²) >= 11 is 3.26. The van der Waals surface area contributed by atoms with E-state index in [-0.39, 0.29) is 17.5 Å². The van der Waals surface area contributed by atoms with E-state index in [9.17, 15) is 17.6 Å². The van der Waals surface area contributed by atoms with E-state index in [1.807, 2.05) is 0 Å². The summed E-state index contributed by atoms with van der Waals surface area (Å²) in [6.07, 6.45) is 2.32. The first-order valence-electron chi connectivity index (χ1n) is 6.87. The summed E-state index contributed by atoms with van der Waals surface area (Å²) < 4.78 is 38.3. The molecule has 1 fully saturated rings. The van der Waals surface area contributed by atoms with E-state index in [0.29, 0.717) is 30.4 Å². The van der Waals surface area contributed by atoms with Crippen LogP contribution in [-0.2, 0) is 10.0 Å². The Morgan fingerprint density at radius 2 is 1.95 bits per heavy atom. The van der Waals surface area contributed by atoms with Crippen LogP contribution < -0.4 is 0 Å². The Bertz CT molecular complexity index is 673. The Kier molecular flexibility index (Phi) is 5.24. The standard InChI is InChI=1S/C14H18BrFN2O3S/c1-17(22(2,20)21)11-5-7-18(8-6-11)14(19)12-9-10(16)3-4-13(12)15/h3-4,9,11H,5-8H2,1-2H3. The second-order valence-corrected chi connectivity index (χ2v) is 8.32. The minimum atomic E-state index is -3.23. The van der Waals surface area contributed by atoms with Crippen LogP contribution in [0.2, 0.25) is 0 Å². The van der Waals surface area contributed by atoms with Crippen molar-refractivity contribution in [1.29, 1.82) is 0 Å². The molecule has 1 aromatic rings. The fraction of sp³-hybridized carbons (Fsp3) is 0.500. The van der Waals surface area contributed by atoms with Gasteiger partial charge in [0.25, 0.3) is 5.91 Å². The third-order valence-electron chi connectivity index (χ3n) is 3.95. The number of amides is 1. The highest BCUT2D eigenvalue weighted by atomic mass is 79.9. The molecule has 22 heavy (non-hydrogen) atoms. The zero-order valence-corrected chi connectivity index (χ0v) is 14.8. The minimum absolute atomic E-state index is 0.102. The molecule has 0 aromatic heterocycles. The SMILES string of the molecule is CN(C1CCN(C(=O)c2cc(F)ccc2Br)CC1)S(C)(=O)=O. The fourth-order valence-corrected chi connectivity index (χ4v) is 3.70. The third-order valence-corrected chi connectivity index (χ3v) is 5.98. The molecule has 1 heterocycles. The number of carbonyl (C=O) groups excluding carboxylic acids is 1. The van der Waals surface area contributed by atoms with E-state index in [4.69, 9.17) is 0 Å². The van der Waals surface area contributed by atoms with Crippen molar-refractivity contribution in [1.82, 2.24) is 9.21 Å². The van der Waals surface area contributed by atoms with Crippen LogP contribution >= 0.6 is 15.9 Å². The number of carbonyl (C=O) groups is 1. The van der Waals surface area contributed by atoms with Gasteiger partial charge in [-0.1, -0.05) is 0 Å². The molecule has 0 bridgehead atoms. The number of sulfonamides is 1. The molecular weight excluding hydrogens is 375 g/mol. The van der Waals surface area contributed by atoms with Gasteiger partial charge in [-0.15, -0.1) is 0 Å². The molecule has 0 spiro atoms. The van der Waals surface area contributed by atoms with Crippen molar-refractivity contribution in [2.24, 2.45) is 0 Å². The van der Waals surface area contributed by atoms with Gasteiger partial charge in [0.05, 0.1) is 11.8 Å². The molecule has 0 atom stereocenters. The first-order valence-corrected chi connectivity index (χ1v) is 9.51. The maximum absolute atomic E-state index is 13.3. The van der Waals surface area contributed by atoms with Crippen molar-refractivity contribution in [2.45, 2.75) is 18.9 Å². The summed E-state index contributed by atoms with van der Waals surface area (Å²) in [5, 5.41) is 0. The largest absolute Gasteiger partial charge is 0.338 e. The zero-order valence-electron chi connectivity index (χ0n) is 12.4. The summed E-state index contributed by atoms with van der Waals surface area (Å²) in [7, 11) is -1.68. The van der Waals surface area contributed by atoms with Gasteiger partial charge in [-0.2, -0.15) is 0 Å². The molecule has 1 aromatic carbocycles. The second kappa shape index (κ2) is 6.64. The van der Waals surface area contributed by atoms with Gasteiger partial charge in [0.2, 0.25) is 10.0 Å². The topological polar surface area (TPSA) is 57.7 Å². The molecular formula is C14H18BrFN2O3S. The molecule has 0 aliphatic carbocycles. The number of likely N-dealkylation sites (tertiary alicyclic amines) is 1. The summed E-state index contributed by atoms with van der Waals surface area (Å²) in [4.78, 5) is 14.1. The highest BCUT2D eigenvalue weighted by molar-refractivity contribution is 9.10. The Balaban J connectivity index is 2.05. The highest BCUT2D eigenvalue weighted by Crippen LogP contribution is 2.23. The van der Waals surface area contributed by atoms with Gasteiger partial charge < -0.3 is 4.90 Å². The third kappa shape index (κ3) is 3.85. The minimum Gasteiger partial charge on any atom is -0.338 e. The molecule has 5 nitrogen and oxygen atoms in total. The summed E-state index contributed by atoms with van der Waals surface area (Å²) in [5.41, 5.74) is 0.287. The summed E-state index contributed by atoms with van der Waals surface area (Å²) in [6.45, 7) is 0.901. The van der Waals surface area contributed by atoms with Crippen LogP contribution in [0, 0.1) is 5.82 Å². The van der Waals surface area contributed by atoms with E-state index < -0.39 is 15.8 Å². The smallest absolute Gasteiger partial charge is 0.255 e. The number of halogens is 2. The maximum atomic E-state index is 13.3. The highest BCUT2D eigenvalue weighted by Gasteiger charge is 2.29. The van der Waals surface area contributed by atoms with Crippen molar-refractivity contribution >= 4 is 31.9 Å². The van der Waals surface area contributed by atoms with Crippen LogP contribution in [0.15, 0.2) is 22.7 Å². The first kappa shape index (κ1) is 17.4. The normalized spacial score (nSPS) is 17.0. The lowest BCUT2D eigenvalue weighted by atomic mass is 10.0. The fourth-order valence-electron chi connectivity index (χ4n) is 2.54. The lowest BCUT2D eigenvalue weighted by molar-refractivity contribution is 0.0685. The maximum Gasteiger partial charge on any atom is 0.255 e. The van der Waals surface area contributed by atoms with Gasteiger partial charge in [-0.3, -0.25) is 4.79 Å². The van der Waals surface area contributed by atoms with Crippen LogP contribution in [-0.4, -0.2) is 56.0 Å². The molecule has 2 rings (SSSR count). The average Bonchev–Trinajstić information content (AvgIpc) is 2.47. The Morgan fingerprint density at radius 1 is 1.36 bits per heavy atom. The van der Waals surface area contributed by atoms with Gasteiger partial charge in [0.15, 0.2) is 0 Å². The van der Waals surface area contributed by atoms with Gasteiger partial charge in [-0.05, 0) is 47.0 Å². The Labute approximate surface area is 138 Å². The summed E-state index contributed by atoms with van der Waals surface area (Å²) in [5.74, 6) is -0.704. The summed E-state index contributed by atoms with van der Waals surface area (Å²) in [6, 6.07) is 3.90. The van der Waals surface area contributed by atoms with Crippen molar-refractivity contribution in [3.63, 3.8) is 0 Å². The van der Waals surface area contributed by atoms with Gasteiger partial charge in [-0.25, -0.2) is 17.1 Å². The molecule has 0 saturated carbocycles. The van der Waals surface area contributed by atoms with Crippen molar-refractivity contribution in [2.75, 3.05) is 26.4 Å². The average molecular weight is 393 g/mol. The van der Waals surface area contributed by atoms with Crippen molar-refractivity contribution < 1.29 is 17.6 Å². The second-order valence-electron chi connectivity index (χ2n) is 5.43. The van der Waals surface area contributed by atoms with E-state index >= 15 is 0 Å². The zero-order chi connectivity index (χ0) is 16.5. The van der Waals surface area contributed by atoms with Crippen LogP contribution in [0.4, 0.5) is 4.39 Å². The van der Waals surface area contributed by atoms with Gasteiger partial charge in [0, 0.05) is 30.7 Å². The molecule has 0 radical (unpaired) electrons. The molecule has 1 aliphatic heterocycles. The quantitative estimate of drug-likeness (QED) is 0.790. The number of rotatable bonds is 3. The molecule has 0 N–H and O–H groups in total. The van der Waals surface area contributed by atoms with E-state index in [0.717, 1.165) is 0 Å². The number of hydrogen-bond donors (Lipinski definition) is 0. The monoisotopic (exact) mass is 392 g/mol. The molecule has 1 saturated heterocycles. The Morgan fingerprint density at radius 3 is 2.50 bits per heavy atom. The predicted molar refractivity (Wildman–Crippen MR) is 85.6 cm³/mol. The predicted octanol–water partition coefficient (Wildman–Crippen LogP) is 2.08. The number of piperidine rings is 1. The van der Waals surface area contributed by atoms with E-state index in [1.54, 1.807) is 11.9 Å². The lowest BCUT2D eigenvalue weighted by Gasteiger charge is -2.35. The van der Waals surface area contributed by atoms with Crippen molar-refractivity contribution in [3.05, 3.63) is 34.1 Å². The number of hydrogen-bond acceptors (Lipinski definition) is 3. The first-order chi connectivity index (χ1) is 10.2. The molecule has 1 amide bonds. The molecule has 0 unspecified atom stereocenters. The molecule has 1 aliphatic rings. The molecule has 8 heteroatoms. The van der Waals surface area contributed by atoms with Crippen LogP contribution in [0.1, 0.15) is 23.2 Å². The Hall–Kier alpha value is -0.990. The van der Waals surface area contributed by atoms with Crippen LogP contribution in [0.25, 0.3) is 0 Å². The number of benzene rings is 1. The lowest BCUT2D eigenvalue weighted by Crippen LogP contribution is -2.47. The van der Waals surface area contributed by atoms with E-state index in [2.05, 4.69) is 15.9 Å². The van der Waals surface area contributed by atoms with Crippen LogP contribution in [0.3, 0.4) is 0 Å². The van der Waals surface area contributed by atoms with Crippen molar-refractivity contribution in [3.8, 4) is 0 Å². The molecule has 122 valence electrons. The number of nitrogens with zero attached hydrogens (tertiary/aromatic N) is 2. The van der Waals surface area contributed by atoms with Gasteiger partial charge >= 0.3 is 0 Å².